The van der Waals surface area contributed by atoms with E-state index in [0.717, 1.165) is 4.90 Å². The molecule has 0 aromatic heterocycles. The summed E-state index contributed by atoms with van der Waals surface area (Å²) >= 11 is 0. The Labute approximate surface area is 165 Å². The fourth-order valence-electron chi connectivity index (χ4n) is 3.38. The van der Waals surface area contributed by atoms with Crippen molar-refractivity contribution in [1.29, 1.82) is 0 Å². The largest absolute Gasteiger partial charge is 0.333 e. The van der Waals surface area contributed by atoms with Gasteiger partial charge in [0.25, 0.3) is 23.6 Å². The Kier molecular flexibility index (Phi) is 4.67. The Morgan fingerprint density at radius 1 is 0.690 bits per heavy atom. The van der Waals surface area contributed by atoms with Gasteiger partial charge >= 0.3 is 5.97 Å². The smallest absolute Gasteiger partial charge is 0.330 e. The summed E-state index contributed by atoms with van der Waals surface area (Å²) in [5.41, 5.74) is 1.14. The number of benzene rings is 2. The highest BCUT2D eigenvalue weighted by atomic mass is 16.7. The maximum absolute atomic E-state index is 12.3. The minimum absolute atomic E-state index is 0.0590. The highest BCUT2D eigenvalue weighted by Crippen LogP contribution is 2.24. The number of carbonyl (C=O) groups is 5. The second-order valence-electron chi connectivity index (χ2n) is 6.68. The molecule has 29 heavy (non-hydrogen) atoms. The predicted molar refractivity (Wildman–Crippen MR) is 98.7 cm³/mol. The maximum Gasteiger partial charge on any atom is 0.333 e. The van der Waals surface area contributed by atoms with Gasteiger partial charge in [-0.05, 0) is 37.1 Å². The fraction of sp³-hybridized carbons (Fsp3) is 0.190. The van der Waals surface area contributed by atoms with Crippen molar-refractivity contribution in [1.82, 2.24) is 9.96 Å². The number of imide groups is 2. The van der Waals surface area contributed by atoms with Crippen LogP contribution in [0.4, 0.5) is 0 Å². The van der Waals surface area contributed by atoms with Crippen molar-refractivity contribution in [3.63, 3.8) is 0 Å². The van der Waals surface area contributed by atoms with E-state index in [1.807, 2.05) is 0 Å². The number of hydroxylamine groups is 2. The van der Waals surface area contributed by atoms with E-state index < -0.39 is 17.8 Å². The van der Waals surface area contributed by atoms with Gasteiger partial charge in [0, 0.05) is 13.0 Å². The molecular weight excluding hydrogens is 376 g/mol. The number of fused-ring (bicyclic) bond motifs is 2. The van der Waals surface area contributed by atoms with E-state index in [0.29, 0.717) is 29.0 Å². The average molecular weight is 392 g/mol. The predicted octanol–water partition coefficient (Wildman–Crippen LogP) is 2.21. The zero-order chi connectivity index (χ0) is 20.5. The Balaban J connectivity index is 1.27. The zero-order valence-corrected chi connectivity index (χ0v) is 15.3. The number of unbranched alkanes of at least 4 members (excludes halogenated alkanes) is 1. The molecule has 0 fully saturated rings. The van der Waals surface area contributed by atoms with Gasteiger partial charge in [-0.1, -0.05) is 29.3 Å². The Bertz CT molecular complexity index is 991. The molecule has 0 atom stereocenters. The summed E-state index contributed by atoms with van der Waals surface area (Å²) in [6.07, 6.45) is 0.661. The number of rotatable bonds is 6. The van der Waals surface area contributed by atoms with Crippen LogP contribution in [0.1, 0.15) is 60.7 Å². The van der Waals surface area contributed by atoms with Crippen molar-refractivity contribution in [3.05, 3.63) is 70.8 Å². The van der Waals surface area contributed by atoms with Crippen LogP contribution < -0.4 is 0 Å². The van der Waals surface area contributed by atoms with Crippen LogP contribution in [0.5, 0.6) is 0 Å². The van der Waals surface area contributed by atoms with Crippen molar-refractivity contribution in [2.75, 3.05) is 6.54 Å². The quantitative estimate of drug-likeness (QED) is 0.552. The minimum Gasteiger partial charge on any atom is -0.330 e. The second kappa shape index (κ2) is 7.31. The molecule has 146 valence electrons. The van der Waals surface area contributed by atoms with Crippen molar-refractivity contribution in [2.24, 2.45) is 0 Å². The molecule has 8 nitrogen and oxygen atoms in total. The van der Waals surface area contributed by atoms with Gasteiger partial charge in [-0.3, -0.25) is 24.1 Å². The number of nitrogens with zero attached hydrogens (tertiary/aromatic N) is 2. The third kappa shape index (κ3) is 3.18. The number of amides is 4. The summed E-state index contributed by atoms with van der Waals surface area (Å²) in [4.78, 5) is 67.0. The van der Waals surface area contributed by atoms with Crippen LogP contribution in [0.3, 0.4) is 0 Å². The molecule has 0 radical (unpaired) electrons. The van der Waals surface area contributed by atoms with E-state index >= 15 is 0 Å². The van der Waals surface area contributed by atoms with Gasteiger partial charge in [0.1, 0.15) is 0 Å². The molecule has 0 aliphatic carbocycles. The third-order valence-electron chi connectivity index (χ3n) is 4.84. The van der Waals surface area contributed by atoms with Crippen LogP contribution in [0.15, 0.2) is 48.5 Å². The third-order valence-corrected chi connectivity index (χ3v) is 4.84. The van der Waals surface area contributed by atoms with E-state index in [1.165, 1.54) is 12.1 Å². The summed E-state index contributed by atoms with van der Waals surface area (Å²) in [6, 6.07) is 12.8. The van der Waals surface area contributed by atoms with E-state index in [-0.39, 0.29) is 35.9 Å². The maximum atomic E-state index is 12.3. The lowest BCUT2D eigenvalue weighted by Crippen LogP contribution is -2.33. The number of hydrogen-bond acceptors (Lipinski definition) is 6. The molecule has 2 aromatic rings. The van der Waals surface area contributed by atoms with Gasteiger partial charge < -0.3 is 4.84 Å². The van der Waals surface area contributed by atoms with Gasteiger partial charge in [-0.2, -0.15) is 0 Å². The molecule has 4 rings (SSSR count). The first kappa shape index (κ1) is 18.5. The van der Waals surface area contributed by atoms with Gasteiger partial charge in [0.15, 0.2) is 0 Å². The summed E-state index contributed by atoms with van der Waals surface area (Å²) in [6.45, 7) is 0.173. The van der Waals surface area contributed by atoms with E-state index in [4.69, 9.17) is 4.84 Å². The van der Waals surface area contributed by atoms with Crippen molar-refractivity contribution >= 4 is 29.6 Å². The monoisotopic (exact) mass is 392 g/mol. The van der Waals surface area contributed by atoms with Crippen LogP contribution in [0.2, 0.25) is 0 Å². The summed E-state index contributed by atoms with van der Waals surface area (Å²) < 4.78 is 0. The summed E-state index contributed by atoms with van der Waals surface area (Å²) in [7, 11) is 0. The molecule has 0 N–H and O–H groups in total. The van der Waals surface area contributed by atoms with Crippen molar-refractivity contribution in [2.45, 2.75) is 19.3 Å². The molecule has 2 aromatic carbocycles. The molecule has 0 saturated carbocycles. The van der Waals surface area contributed by atoms with Crippen LogP contribution in [-0.2, 0) is 9.63 Å². The molecule has 4 amide bonds. The first-order valence-electron chi connectivity index (χ1n) is 9.13. The highest BCUT2D eigenvalue weighted by Gasteiger charge is 2.38. The van der Waals surface area contributed by atoms with Gasteiger partial charge in [-0.25, -0.2) is 4.79 Å². The molecule has 8 heteroatoms. The Morgan fingerprint density at radius 2 is 1.14 bits per heavy atom. The molecule has 0 saturated heterocycles. The number of hydrogen-bond donors (Lipinski definition) is 0. The van der Waals surface area contributed by atoms with Crippen LogP contribution >= 0.6 is 0 Å². The van der Waals surface area contributed by atoms with Crippen LogP contribution in [-0.4, -0.2) is 46.1 Å². The van der Waals surface area contributed by atoms with Gasteiger partial charge in [0.05, 0.1) is 22.3 Å². The standard InChI is InChI=1S/C21H16N2O6/c24-17(29-23-20(27)15-9-3-4-10-16(15)21(23)28)11-5-6-12-22-18(25)13-7-1-2-8-14(13)19(22)26/h1-4,7-10H,5-6,11-12H2. The van der Waals surface area contributed by atoms with Crippen LogP contribution in [0.25, 0.3) is 0 Å². The molecular formula is C21H16N2O6. The fourth-order valence-corrected chi connectivity index (χ4v) is 3.38. The zero-order valence-electron chi connectivity index (χ0n) is 15.3. The summed E-state index contributed by atoms with van der Waals surface area (Å²) in [5.74, 6) is -2.78. The normalized spacial score (nSPS) is 15.0. The first-order valence-corrected chi connectivity index (χ1v) is 9.13. The Morgan fingerprint density at radius 3 is 1.62 bits per heavy atom. The lowest BCUT2D eigenvalue weighted by atomic mass is 10.1. The topological polar surface area (TPSA) is 101 Å². The van der Waals surface area contributed by atoms with Crippen molar-refractivity contribution in [3.8, 4) is 0 Å². The van der Waals surface area contributed by atoms with Crippen molar-refractivity contribution < 1.29 is 28.8 Å². The minimum atomic E-state index is -0.734. The molecule has 0 unspecified atom stereocenters. The summed E-state index contributed by atoms with van der Waals surface area (Å²) in [5, 5.41) is 0.469. The van der Waals surface area contributed by atoms with Crippen LogP contribution in [0, 0.1) is 0 Å². The lowest BCUT2D eigenvalue weighted by Gasteiger charge is -2.14. The Hall–Kier alpha value is -3.81. The van der Waals surface area contributed by atoms with E-state index in [9.17, 15) is 24.0 Å². The molecule has 2 heterocycles. The lowest BCUT2D eigenvalue weighted by molar-refractivity contribution is -0.168. The average Bonchev–Trinajstić information content (AvgIpc) is 3.12. The van der Waals surface area contributed by atoms with E-state index in [2.05, 4.69) is 0 Å². The van der Waals surface area contributed by atoms with Gasteiger partial charge in [-0.15, -0.1) is 0 Å². The molecule has 0 spiro atoms. The molecule has 0 bridgehead atoms. The molecule has 2 aliphatic rings. The second-order valence-corrected chi connectivity index (χ2v) is 6.68. The SMILES string of the molecule is O=C(CCCCN1C(=O)c2ccccc2C1=O)ON1C(=O)c2ccccc2C1=O. The van der Waals surface area contributed by atoms with E-state index in [1.54, 1.807) is 36.4 Å². The highest BCUT2D eigenvalue weighted by molar-refractivity contribution is 6.21. The van der Waals surface area contributed by atoms with Gasteiger partial charge in [0.2, 0.25) is 0 Å². The number of carbonyl (C=O) groups excluding carboxylic acids is 5. The first-order chi connectivity index (χ1) is 14.0. The molecule has 2 aliphatic heterocycles.